The van der Waals surface area contributed by atoms with Crippen molar-refractivity contribution in [2.75, 3.05) is 6.61 Å². The van der Waals surface area contributed by atoms with Gasteiger partial charge in [-0.1, -0.05) is 26.7 Å². The van der Waals surface area contributed by atoms with Gasteiger partial charge in [0, 0.05) is 12.1 Å². The van der Waals surface area contributed by atoms with Crippen LogP contribution < -0.4 is 5.73 Å². The highest BCUT2D eigenvalue weighted by molar-refractivity contribution is 6.41. The van der Waals surface area contributed by atoms with E-state index in [9.17, 15) is 0 Å². The molecule has 0 aliphatic heterocycles. The van der Waals surface area contributed by atoms with Gasteiger partial charge in [0.15, 0.2) is 0 Å². The van der Waals surface area contributed by atoms with Gasteiger partial charge < -0.3 is 15.9 Å². The summed E-state index contributed by atoms with van der Waals surface area (Å²) >= 11 is 0. The van der Waals surface area contributed by atoms with Crippen molar-refractivity contribution in [3.05, 3.63) is 0 Å². The standard InChI is InChI=1S/C20H41N3O/c1-9-11-16(21)17(12-10-2)23-19(5,6)13-14-24-20(7,8)15-18(3,4)22/h21H,9-15,22H2,1-8H3/b21-16?,23-17+. The SMILES string of the molecule is CCCC(=N)/C(CCC)=N/C(C)(C)CCOC(C)(C)CC(C)(C)N. The molecule has 0 spiro atoms. The zero-order valence-electron chi connectivity index (χ0n) is 17.4. The average molecular weight is 340 g/mol. The second-order valence-corrected chi connectivity index (χ2v) is 8.87. The molecule has 0 aliphatic carbocycles. The molecule has 0 saturated carbocycles. The summed E-state index contributed by atoms with van der Waals surface area (Å²) in [6.45, 7) is 17.4. The molecular formula is C20H41N3O. The summed E-state index contributed by atoms with van der Waals surface area (Å²) < 4.78 is 6.09. The van der Waals surface area contributed by atoms with Crippen molar-refractivity contribution in [2.24, 2.45) is 10.7 Å². The van der Waals surface area contributed by atoms with Gasteiger partial charge in [0.25, 0.3) is 0 Å². The minimum atomic E-state index is -0.237. The Morgan fingerprint density at radius 3 is 2.00 bits per heavy atom. The highest BCUT2D eigenvalue weighted by Gasteiger charge is 2.27. The Balaban J connectivity index is 4.76. The van der Waals surface area contributed by atoms with E-state index in [1.807, 2.05) is 13.8 Å². The van der Waals surface area contributed by atoms with E-state index in [4.69, 9.17) is 20.9 Å². The number of nitrogens with zero attached hydrogens (tertiary/aromatic N) is 1. The van der Waals surface area contributed by atoms with Crippen molar-refractivity contribution < 1.29 is 4.74 Å². The summed E-state index contributed by atoms with van der Waals surface area (Å²) in [6.07, 6.45) is 5.37. The van der Waals surface area contributed by atoms with Crippen LogP contribution in [0.5, 0.6) is 0 Å². The molecule has 0 atom stereocenters. The van der Waals surface area contributed by atoms with E-state index in [-0.39, 0.29) is 16.7 Å². The van der Waals surface area contributed by atoms with Gasteiger partial charge >= 0.3 is 0 Å². The van der Waals surface area contributed by atoms with Crippen molar-refractivity contribution in [1.82, 2.24) is 0 Å². The molecule has 4 nitrogen and oxygen atoms in total. The van der Waals surface area contributed by atoms with Gasteiger partial charge in [0.05, 0.1) is 22.6 Å². The molecule has 4 heteroatoms. The van der Waals surface area contributed by atoms with E-state index in [1.54, 1.807) is 0 Å². The molecule has 0 aliphatic rings. The van der Waals surface area contributed by atoms with Crippen LogP contribution in [0.25, 0.3) is 0 Å². The fourth-order valence-corrected chi connectivity index (χ4v) is 3.05. The summed E-state index contributed by atoms with van der Waals surface area (Å²) in [5.41, 5.74) is 7.09. The normalized spacial score (nSPS) is 14.1. The Labute approximate surface area is 150 Å². The lowest BCUT2D eigenvalue weighted by Gasteiger charge is -2.33. The van der Waals surface area contributed by atoms with Crippen molar-refractivity contribution >= 4 is 11.4 Å². The largest absolute Gasteiger partial charge is 0.375 e. The fraction of sp³-hybridized carbons (Fsp3) is 0.900. The van der Waals surface area contributed by atoms with Crippen LogP contribution in [0.4, 0.5) is 0 Å². The minimum Gasteiger partial charge on any atom is -0.375 e. The third-order valence-electron chi connectivity index (χ3n) is 3.86. The van der Waals surface area contributed by atoms with Gasteiger partial charge in [0.2, 0.25) is 0 Å². The van der Waals surface area contributed by atoms with Crippen LogP contribution in [0.15, 0.2) is 4.99 Å². The molecule has 142 valence electrons. The Kier molecular flexibility index (Phi) is 9.37. The first-order chi connectivity index (χ1) is 10.8. The zero-order valence-corrected chi connectivity index (χ0v) is 17.4. The highest BCUT2D eigenvalue weighted by atomic mass is 16.5. The molecule has 0 radical (unpaired) electrons. The van der Waals surface area contributed by atoms with E-state index in [0.29, 0.717) is 12.3 Å². The number of nitrogens with two attached hydrogens (primary N) is 1. The predicted molar refractivity (Wildman–Crippen MR) is 107 cm³/mol. The maximum Gasteiger partial charge on any atom is 0.0643 e. The maximum absolute atomic E-state index is 8.23. The molecule has 0 rings (SSSR count). The number of nitrogens with one attached hydrogen (secondary N) is 1. The summed E-state index contributed by atoms with van der Waals surface area (Å²) in [6, 6.07) is 0. The highest BCUT2D eigenvalue weighted by Crippen LogP contribution is 2.24. The molecular weight excluding hydrogens is 298 g/mol. The van der Waals surface area contributed by atoms with Crippen molar-refractivity contribution in [3.63, 3.8) is 0 Å². The van der Waals surface area contributed by atoms with Crippen LogP contribution in [0.1, 0.15) is 93.9 Å². The van der Waals surface area contributed by atoms with Crippen LogP contribution in [0, 0.1) is 5.41 Å². The molecule has 3 N–H and O–H groups in total. The van der Waals surface area contributed by atoms with Gasteiger partial charge in [-0.15, -0.1) is 0 Å². The van der Waals surface area contributed by atoms with Gasteiger partial charge in [-0.3, -0.25) is 4.99 Å². The van der Waals surface area contributed by atoms with Crippen LogP contribution in [-0.2, 0) is 4.74 Å². The summed E-state index contributed by atoms with van der Waals surface area (Å²) in [5, 5.41) is 8.23. The number of hydrogen-bond donors (Lipinski definition) is 2. The predicted octanol–water partition coefficient (Wildman–Crippen LogP) is 5.14. The molecule has 0 heterocycles. The van der Waals surface area contributed by atoms with Crippen molar-refractivity contribution in [1.29, 1.82) is 5.41 Å². The molecule has 0 unspecified atom stereocenters. The monoisotopic (exact) mass is 339 g/mol. The summed E-state index contributed by atoms with van der Waals surface area (Å²) in [4.78, 5) is 4.90. The number of hydrogen-bond acceptors (Lipinski definition) is 4. The molecule has 0 saturated heterocycles. The van der Waals surface area contributed by atoms with Crippen LogP contribution in [-0.4, -0.2) is 34.7 Å². The van der Waals surface area contributed by atoms with E-state index in [0.717, 1.165) is 44.2 Å². The second-order valence-electron chi connectivity index (χ2n) is 8.87. The van der Waals surface area contributed by atoms with E-state index in [1.165, 1.54) is 0 Å². The van der Waals surface area contributed by atoms with Gasteiger partial charge in [-0.05, 0) is 67.2 Å². The fourth-order valence-electron chi connectivity index (χ4n) is 3.05. The first-order valence-corrected chi connectivity index (χ1v) is 9.41. The third kappa shape index (κ3) is 10.9. The number of aliphatic imine (C=N–C) groups is 1. The molecule has 0 aromatic carbocycles. The molecule has 0 aromatic heterocycles. The van der Waals surface area contributed by atoms with Crippen LogP contribution in [0.2, 0.25) is 0 Å². The van der Waals surface area contributed by atoms with Crippen LogP contribution >= 0.6 is 0 Å². The first-order valence-electron chi connectivity index (χ1n) is 9.41. The lowest BCUT2D eigenvalue weighted by molar-refractivity contribution is -0.0395. The third-order valence-corrected chi connectivity index (χ3v) is 3.86. The zero-order chi connectivity index (χ0) is 19.0. The molecule has 0 bridgehead atoms. The first kappa shape index (κ1) is 23.3. The number of rotatable bonds is 12. The second kappa shape index (κ2) is 9.67. The van der Waals surface area contributed by atoms with Crippen LogP contribution in [0.3, 0.4) is 0 Å². The summed E-state index contributed by atoms with van der Waals surface area (Å²) in [5.74, 6) is 0. The Hall–Kier alpha value is -0.740. The smallest absolute Gasteiger partial charge is 0.0643 e. The van der Waals surface area contributed by atoms with Gasteiger partial charge in [-0.25, -0.2) is 0 Å². The lowest BCUT2D eigenvalue weighted by Crippen LogP contribution is -2.42. The maximum atomic E-state index is 8.23. The molecule has 0 aromatic rings. The lowest BCUT2D eigenvalue weighted by atomic mass is 9.90. The Morgan fingerprint density at radius 2 is 1.54 bits per heavy atom. The Bertz CT molecular complexity index is 417. The average Bonchev–Trinajstić information content (AvgIpc) is 2.34. The van der Waals surface area contributed by atoms with Crippen molar-refractivity contribution in [3.8, 4) is 0 Å². The molecule has 0 fully saturated rings. The van der Waals surface area contributed by atoms with E-state index >= 15 is 0 Å². The van der Waals surface area contributed by atoms with Crippen molar-refractivity contribution in [2.45, 2.75) is 111 Å². The van der Waals surface area contributed by atoms with Gasteiger partial charge in [-0.2, -0.15) is 0 Å². The topological polar surface area (TPSA) is 71.5 Å². The molecule has 24 heavy (non-hydrogen) atoms. The summed E-state index contributed by atoms with van der Waals surface area (Å²) in [7, 11) is 0. The van der Waals surface area contributed by atoms with Gasteiger partial charge in [0.1, 0.15) is 0 Å². The van der Waals surface area contributed by atoms with E-state index in [2.05, 4.69) is 41.5 Å². The quantitative estimate of drug-likeness (QED) is 0.483. The number of ether oxygens (including phenoxy) is 1. The molecule has 0 amide bonds. The Morgan fingerprint density at radius 1 is 1.00 bits per heavy atom. The van der Waals surface area contributed by atoms with E-state index < -0.39 is 0 Å². The minimum absolute atomic E-state index is 0.209.